The van der Waals surface area contributed by atoms with Gasteiger partial charge in [0, 0.05) is 26.1 Å². The van der Waals surface area contributed by atoms with Crippen molar-refractivity contribution in [3.63, 3.8) is 0 Å². The first-order valence-electron chi connectivity index (χ1n) is 5.78. The summed E-state index contributed by atoms with van der Waals surface area (Å²) in [5.41, 5.74) is 0. The third-order valence-electron chi connectivity index (χ3n) is 3.84. The van der Waals surface area contributed by atoms with E-state index in [0.717, 1.165) is 0 Å². The largest absolute Gasteiger partial charge is 1.00 e. The third-order valence-corrected chi connectivity index (χ3v) is 4.18. The van der Waals surface area contributed by atoms with Crippen LogP contribution in [-0.2, 0) is 19.5 Å². The number of likely N-dealkylation sites (tertiary alicyclic amines) is 1. The minimum Gasteiger partial charge on any atom is -0.724 e. The van der Waals surface area contributed by atoms with Gasteiger partial charge < -0.3 is 14.4 Å². The molecule has 0 radical (unpaired) electrons. The van der Waals surface area contributed by atoms with Gasteiger partial charge in [-0.3, -0.25) is 4.79 Å². The van der Waals surface area contributed by atoms with Crippen LogP contribution < -0.4 is 29.6 Å². The second-order valence-electron chi connectivity index (χ2n) is 5.06. The fourth-order valence-corrected chi connectivity index (χ4v) is 3.55. The number of piperidine rings is 1. The van der Waals surface area contributed by atoms with Crippen molar-refractivity contribution < 1.29 is 56.4 Å². The van der Waals surface area contributed by atoms with Gasteiger partial charge in [-0.2, -0.15) is 9.35 Å². The molecule has 3 heterocycles. The van der Waals surface area contributed by atoms with E-state index in [2.05, 4.69) is 4.28 Å². The fraction of sp³-hybridized carbons (Fsp3) is 0.778. The second-order valence-corrected chi connectivity index (χ2v) is 6.02. The van der Waals surface area contributed by atoms with Gasteiger partial charge in [0.25, 0.3) is 0 Å². The zero-order chi connectivity index (χ0) is 13.9. The number of amides is 3. The number of nitrogens with zero attached hydrogens (tertiary/aromatic N) is 3. The molecule has 3 amide bonds. The summed E-state index contributed by atoms with van der Waals surface area (Å²) < 4.78 is 36.0. The monoisotopic (exact) mass is 313 g/mol. The van der Waals surface area contributed by atoms with Gasteiger partial charge in [-0.05, 0) is 6.42 Å². The molecular formula is C9H12N3NaO6S. The number of likely N-dealkylation sites (N-methyl/N-ethyl adjacent to an activating group) is 1. The normalized spacial score (nSPS) is 32.5. The Kier molecular flexibility index (Phi) is 4.08. The minimum absolute atomic E-state index is 0. The molecule has 3 atom stereocenters. The number of carbonyl (C=O) groups is 2. The van der Waals surface area contributed by atoms with E-state index in [9.17, 15) is 22.6 Å². The van der Waals surface area contributed by atoms with Crippen LogP contribution in [0.4, 0.5) is 4.79 Å². The van der Waals surface area contributed by atoms with Crippen molar-refractivity contribution >= 4 is 22.3 Å². The number of hydrogen-bond acceptors (Lipinski definition) is 6. The zero-order valence-corrected chi connectivity index (χ0v) is 13.9. The van der Waals surface area contributed by atoms with Crippen LogP contribution in [0.3, 0.4) is 0 Å². The van der Waals surface area contributed by atoms with E-state index in [0.29, 0.717) is 18.0 Å². The summed E-state index contributed by atoms with van der Waals surface area (Å²) in [5.74, 6) is -0.216. The van der Waals surface area contributed by atoms with E-state index in [1.54, 1.807) is 11.9 Å². The predicted molar refractivity (Wildman–Crippen MR) is 58.0 cm³/mol. The Hall–Kier alpha value is -0.390. The Labute approximate surface area is 138 Å². The average molecular weight is 313 g/mol. The van der Waals surface area contributed by atoms with E-state index in [-0.39, 0.29) is 47.9 Å². The number of hydrogen-bond donors (Lipinski definition) is 0. The molecule has 0 unspecified atom stereocenters. The van der Waals surface area contributed by atoms with E-state index in [1.165, 1.54) is 4.90 Å². The van der Waals surface area contributed by atoms with Crippen molar-refractivity contribution in [1.29, 1.82) is 0 Å². The molecule has 3 fully saturated rings. The molecule has 0 aromatic heterocycles. The van der Waals surface area contributed by atoms with Crippen LogP contribution in [0.25, 0.3) is 0 Å². The van der Waals surface area contributed by atoms with Crippen molar-refractivity contribution in [3.05, 3.63) is 0 Å². The molecule has 3 aliphatic heterocycles. The maximum absolute atomic E-state index is 12.0. The van der Waals surface area contributed by atoms with Crippen molar-refractivity contribution in [3.8, 4) is 0 Å². The van der Waals surface area contributed by atoms with Gasteiger partial charge in [-0.1, -0.05) is 0 Å². The Balaban J connectivity index is 0.00000147. The Bertz CT molecular complexity index is 554. The van der Waals surface area contributed by atoms with Gasteiger partial charge in [0.15, 0.2) is 0 Å². The Morgan fingerprint density at radius 2 is 1.95 bits per heavy atom. The molecule has 3 rings (SSSR count). The third kappa shape index (κ3) is 2.44. The molecule has 3 aliphatic rings. The van der Waals surface area contributed by atoms with Gasteiger partial charge in [-0.15, -0.1) is 0 Å². The van der Waals surface area contributed by atoms with Gasteiger partial charge in [0.1, 0.15) is 6.04 Å². The first-order chi connectivity index (χ1) is 8.78. The molecule has 0 aromatic carbocycles. The van der Waals surface area contributed by atoms with Crippen LogP contribution in [0.1, 0.15) is 6.42 Å². The van der Waals surface area contributed by atoms with E-state index < -0.39 is 28.5 Å². The van der Waals surface area contributed by atoms with Gasteiger partial charge in [-0.25, -0.2) is 13.2 Å². The summed E-state index contributed by atoms with van der Waals surface area (Å²) in [6, 6.07) is -1.81. The summed E-state index contributed by atoms with van der Waals surface area (Å²) in [6.07, 6.45) is 0.443. The molecule has 11 heteroatoms. The van der Waals surface area contributed by atoms with Crippen LogP contribution in [0.15, 0.2) is 0 Å². The minimum atomic E-state index is -4.99. The van der Waals surface area contributed by atoms with Crippen molar-refractivity contribution in [1.82, 2.24) is 14.9 Å². The van der Waals surface area contributed by atoms with Gasteiger partial charge >= 0.3 is 35.6 Å². The second kappa shape index (κ2) is 5.11. The molecule has 0 aromatic rings. The molecule has 3 saturated heterocycles. The first-order valence-corrected chi connectivity index (χ1v) is 7.11. The number of hydroxylamine groups is 2. The van der Waals surface area contributed by atoms with Crippen LogP contribution in [-0.4, -0.2) is 72.0 Å². The SMILES string of the molecule is CN1C[C@@H]2C[C@@H]3CN(C(=O)N3OS(=O)(=O)[O-])[C@@H]2C1=O.[Na+]. The van der Waals surface area contributed by atoms with Crippen molar-refractivity contribution in [2.24, 2.45) is 5.92 Å². The maximum atomic E-state index is 12.0. The summed E-state index contributed by atoms with van der Waals surface area (Å²) in [6.45, 7) is 0.719. The molecule has 0 spiro atoms. The van der Waals surface area contributed by atoms with Crippen LogP contribution >= 0.6 is 0 Å². The predicted octanol–water partition coefficient (Wildman–Crippen LogP) is -4.65. The smallest absolute Gasteiger partial charge is 0.724 e. The van der Waals surface area contributed by atoms with Crippen molar-refractivity contribution in [2.75, 3.05) is 20.1 Å². The molecule has 0 N–H and O–H groups in total. The van der Waals surface area contributed by atoms with Crippen LogP contribution in [0, 0.1) is 5.92 Å². The summed E-state index contributed by atoms with van der Waals surface area (Å²) in [4.78, 5) is 26.8. The molecule has 0 saturated carbocycles. The Morgan fingerprint density at radius 1 is 1.30 bits per heavy atom. The van der Waals surface area contributed by atoms with Crippen LogP contribution in [0.2, 0.25) is 0 Å². The number of rotatable bonds is 2. The summed E-state index contributed by atoms with van der Waals surface area (Å²) in [7, 11) is -3.33. The number of fused-ring (bicyclic) bond motifs is 4. The molecule has 106 valence electrons. The van der Waals surface area contributed by atoms with Crippen molar-refractivity contribution in [2.45, 2.75) is 18.5 Å². The average Bonchev–Trinajstić information content (AvgIpc) is 2.70. The topological polar surface area (TPSA) is 110 Å². The standard InChI is InChI=1S/C9H13N3O6S.Na/c1-10-3-5-2-6-4-11(7(5)8(10)13)9(14)12(6)18-19(15,16)17;/h5-7H,2-4H2,1H3,(H,15,16,17);/q;+1/p-1/t5-,6+,7-;/m0./s1. The Morgan fingerprint density at radius 3 is 2.55 bits per heavy atom. The van der Waals surface area contributed by atoms with Crippen LogP contribution in [0.5, 0.6) is 0 Å². The number of carbonyl (C=O) groups excluding carboxylic acids is 2. The van der Waals surface area contributed by atoms with E-state index in [1.807, 2.05) is 0 Å². The zero-order valence-electron chi connectivity index (χ0n) is 11.1. The molecule has 20 heavy (non-hydrogen) atoms. The fourth-order valence-electron chi connectivity index (χ4n) is 3.17. The first kappa shape index (κ1) is 16.0. The molecule has 9 nitrogen and oxygen atoms in total. The molecular weight excluding hydrogens is 301 g/mol. The van der Waals surface area contributed by atoms with E-state index in [4.69, 9.17) is 0 Å². The quantitative estimate of drug-likeness (QED) is 0.288. The van der Waals surface area contributed by atoms with E-state index >= 15 is 0 Å². The number of urea groups is 1. The van der Waals surface area contributed by atoms with Gasteiger partial charge in [0.05, 0.1) is 6.04 Å². The summed E-state index contributed by atoms with van der Waals surface area (Å²) >= 11 is 0. The summed E-state index contributed by atoms with van der Waals surface area (Å²) in [5, 5.41) is 0.591. The van der Waals surface area contributed by atoms with Gasteiger partial charge in [0.2, 0.25) is 16.3 Å². The molecule has 0 aliphatic carbocycles. The maximum Gasteiger partial charge on any atom is 1.00 e. The molecule has 2 bridgehead atoms.